The fraction of sp³-hybridized carbons (Fsp3) is 0.391. The molecule has 3 aromatic rings. The van der Waals surface area contributed by atoms with Gasteiger partial charge in [0.15, 0.2) is 11.0 Å². The first-order valence-corrected chi connectivity index (χ1v) is 12.5. The Morgan fingerprint density at radius 1 is 1.38 bits per heavy atom. The van der Waals surface area contributed by atoms with Crippen LogP contribution >= 0.6 is 23.1 Å². The van der Waals surface area contributed by atoms with Gasteiger partial charge in [0.1, 0.15) is 16.8 Å². The summed E-state index contributed by atoms with van der Waals surface area (Å²) < 4.78 is 7.31. The summed E-state index contributed by atoms with van der Waals surface area (Å²) in [5.41, 5.74) is 2.63. The second-order valence-electron chi connectivity index (χ2n) is 7.67. The van der Waals surface area contributed by atoms with Crippen molar-refractivity contribution in [3.8, 4) is 17.5 Å². The molecular formula is C23H25N5O2S2. The van der Waals surface area contributed by atoms with Gasteiger partial charge < -0.3 is 9.73 Å². The third-order valence-corrected chi connectivity index (χ3v) is 7.67. The number of nitriles is 1. The van der Waals surface area contributed by atoms with E-state index < -0.39 is 0 Å². The molecule has 0 saturated carbocycles. The number of aromatic nitrogens is 3. The Labute approximate surface area is 195 Å². The second-order valence-corrected chi connectivity index (χ2v) is 9.71. The van der Waals surface area contributed by atoms with Crippen LogP contribution in [0, 0.1) is 18.3 Å². The first-order valence-electron chi connectivity index (χ1n) is 10.7. The van der Waals surface area contributed by atoms with Crippen LogP contribution in [0.25, 0.3) is 11.4 Å². The number of anilines is 1. The van der Waals surface area contributed by atoms with Crippen LogP contribution in [0.4, 0.5) is 5.00 Å². The molecule has 3 aromatic heterocycles. The number of aryl methyl sites for hydroxylation is 2. The lowest BCUT2D eigenvalue weighted by Crippen LogP contribution is -2.14. The van der Waals surface area contributed by atoms with E-state index in [1.807, 2.05) is 17.6 Å². The van der Waals surface area contributed by atoms with E-state index in [-0.39, 0.29) is 11.7 Å². The van der Waals surface area contributed by atoms with E-state index in [4.69, 9.17) is 4.42 Å². The number of carbonyl (C=O) groups is 1. The van der Waals surface area contributed by atoms with E-state index >= 15 is 0 Å². The molecule has 0 atom stereocenters. The molecule has 1 aliphatic rings. The molecule has 1 aliphatic carbocycles. The zero-order chi connectivity index (χ0) is 22.5. The van der Waals surface area contributed by atoms with Crippen molar-refractivity contribution >= 4 is 34.0 Å². The minimum atomic E-state index is -0.157. The molecule has 9 heteroatoms. The predicted molar refractivity (Wildman–Crippen MR) is 127 cm³/mol. The van der Waals surface area contributed by atoms with Crippen molar-refractivity contribution in [1.82, 2.24) is 14.8 Å². The summed E-state index contributed by atoms with van der Waals surface area (Å²) in [5, 5.41) is 22.6. The average Bonchev–Trinajstić information content (AvgIpc) is 3.44. The average molecular weight is 468 g/mol. The molecule has 0 unspecified atom stereocenters. The van der Waals surface area contributed by atoms with Crippen LogP contribution in [-0.4, -0.2) is 26.4 Å². The number of nitrogens with one attached hydrogen (secondary N) is 1. The van der Waals surface area contributed by atoms with Gasteiger partial charge in [-0.15, -0.1) is 28.1 Å². The Morgan fingerprint density at radius 2 is 2.19 bits per heavy atom. The molecule has 0 radical (unpaired) electrons. The molecule has 1 N–H and O–H groups in total. The smallest absolute Gasteiger partial charge is 0.235 e. The zero-order valence-electron chi connectivity index (χ0n) is 18.0. The first-order chi connectivity index (χ1) is 15.6. The lowest BCUT2D eigenvalue weighted by atomic mass is 9.97. The number of hydrogen-bond acceptors (Lipinski definition) is 7. The van der Waals surface area contributed by atoms with Crippen molar-refractivity contribution in [2.45, 2.75) is 57.1 Å². The highest BCUT2D eigenvalue weighted by Gasteiger charge is 2.22. The van der Waals surface area contributed by atoms with Gasteiger partial charge in [0.25, 0.3) is 0 Å². The molecule has 0 saturated heterocycles. The SMILES string of the molecule is C=CCn1c(SCC(=O)Nc2sc3c(c2C#N)CCCCCC3)nnc1-c1ccoc1C. The first kappa shape index (κ1) is 22.4. The molecule has 166 valence electrons. The van der Waals surface area contributed by atoms with Crippen molar-refractivity contribution in [3.63, 3.8) is 0 Å². The molecule has 3 heterocycles. The van der Waals surface area contributed by atoms with Crippen LogP contribution in [0.2, 0.25) is 0 Å². The topological polar surface area (TPSA) is 96.7 Å². The maximum atomic E-state index is 12.7. The van der Waals surface area contributed by atoms with E-state index in [1.54, 1.807) is 23.7 Å². The highest BCUT2D eigenvalue weighted by molar-refractivity contribution is 7.99. The monoisotopic (exact) mass is 467 g/mol. The molecule has 0 aliphatic heterocycles. The number of thioether (sulfide) groups is 1. The molecule has 0 bridgehead atoms. The van der Waals surface area contributed by atoms with Crippen LogP contribution in [0.5, 0.6) is 0 Å². The molecule has 7 nitrogen and oxygen atoms in total. The van der Waals surface area contributed by atoms with Crippen molar-refractivity contribution in [3.05, 3.63) is 46.7 Å². The van der Waals surface area contributed by atoms with Gasteiger partial charge in [-0.25, -0.2) is 0 Å². The fourth-order valence-corrected chi connectivity index (χ4v) is 5.93. The maximum absolute atomic E-state index is 12.7. The highest BCUT2D eigenvalue weighted by Crippen LogP contribution is 2.36. The van der Waals surface area contributed by atoms with Crippen molar-refractivity contribution in [2.75, 3.05) is 11.1 Å². The molecule has 0 spiro atoms. The van der Waals surface area contributed by atoms with Gasteiger partial charge >= 0.3 is 0 Å². The largest absolute Gasteiger partial charge is 0.469 e. The Bertz CT molecular complexity index is 1170. The number of furan rings is 1. The highest BCUT2D eigenvalue weighted by atomic mass is 32.2. The van der Waals surface area contributed by atoms with E-state index in [2.05, 4.69) is 28.2 Å². The summed E-state index contributed by atoms with van der Waals surface area (Å²) in [6.07, 6.45) is 9.95. The summed E-state index contributed by atoms with van der Waals surface area (Å²) in [6.45, 7) is 6.22. The predicted octanol–water partition coefficient (Wildman–Crippen LogP) is 5.36. The van der Waals surface area contributed by atoms with Gasteiger partial charge in [-0.05, 0) is 44.2 Å². The number of allylic oxidation sites excluding steroid dienone is 1. The van der Waals surface area contributed by atoms with Crippen LogP contribution in [0.1, 0.15) is 47.4 Å². The van der Waals surface area contributed by atoms with Crippen LogP contribution in [-0.2, 0) is 24.2 Å². The zero-order valence-corrected chi connectivity index (χ0v) is 19.7. The third-order valence-electron chi connectivity index (χ3n) is 5.50. The molecule has 0 fully saturated rings. The van der Waals surface area contributed by atoms with Gasteiger partial charge in [0.2, 0.25) is 5.91 Å². The molecule has 0 aromatic carbocycles. The molecule has 4 rings (SSSR count). The van der Waals surface area contributed by atoms with E-state index in [9.17, 15) is 10.1 Å². The van der Waals surface area contributed by atoms with Gasteiger partial charge in [-0.2, -0.15) is 5.26 Å². The van der Waals surface area contributed by atoms with Gasteiger partial charge in [-0.1, -0.05) is 30.7 Å². The van der Waals surface area contributed by atoms with E-state index in [0.717, 1.165) is 42.6 Å². The minimum absolute atomic E-state index is 0.157. The standard InChI is InChI=1S/C23H25N5O2S2/c1-3-11-28-21(16-10-12-30-15(16)2)26-27-23(28)31-14-20(29)25-22-18(13-24)17-8-6-4-5-7-9-19(17)32-22/h3,10,12H,1,4-9,11,14H2,2H3,(H,25,29). The van der Waals surface area contributed by atoms with Crippen LogP contribution < -0.4 is 5.32 Å². The summed E-state index contributed by atoms with van der Waals surface area (Å²) >= 11 is 2.87. The van der Waals surface area contributed by atoms with Crippen LogP contribution in [0.15, 0.2) is 34.6 Å². The van der Waals surface area contributed by atoms with E-state index in [1.165, 1.54) is 29.5 Å². The third kappa shape index (κ3) is 4.66. The van der Waals surface area contributed by atoms with Crippen molar-refractivity contribution in [1.29, 1.82) is 5.26 Å². The van der Waals surface area contributed by atoms with Gasteiger partial charge in [0.05, 0.1) is 23.1 Å². The Kier molecular flexibility index (Phi) is 7.12. The maximum Gasteiger partial charge on any atom is 0.235 e. The van der Waals surface area contributed by atoms with E-state index in [0.29, 0.717) is 28.1 Å². The number of amides is 1. The summed E-state index contributed by atoms with van der Waals surface area (Å²) in [6, 6.07) is 4.18. The Morgan fingerprint density at radius 3 is 2.91 bits per heavy atom. The fourth-order valence-electron chi connectivity index (χ4n) is 3.92. The number of fused-ring (bicyclic) bond motifs is 1. The molecule has 32 heavy (non-hydrogen) atoms. The Balaban J connectivity index is 1.48. The minimum Gasteiger partial charge on any atom is -0.469 e. The molecular weight excluding hydrogens is 442 g/mol. The van der Waals surface area contributed by atoms with Gasteiger partial charge in [-0.3, -0.25) is 9.36 Å². The summed E-state index contributed by atoms with van der Waals surface area (Å²) in [5.74, 6) is 1.46. The summed E-state index contributed by atoms with van der Waals surface area (Å²) in [4.78, 5) is 14.0. The van der Waals surface area contributed by atoms with Crippen molar-refractivity contribution < 1.29 is 9.21 Å². The van der Waals surface area contributed by atoms with Crippen molar-refractivity contribution in [2.24, 2.45) is 0 Å². The lowest BCUT2D eigenvalue weighted by molar-refractivity contribution is -0.113. The number of hydrogen-bond donors (Lipinski definition) is 1. The normalized spacial score (nSPS) is 13.6. The summed E-state index contributed by atoms with van der Waals surface area (Å²) in [7, 11) is 0. The van der Waals surface area contributed by atoms with Crippen LogP contribution in [0.3, 0.4) is 0 Å². The number of rotatable bonds is 7. The molecule has 1 amide bonds. The number of nitrogens with zero attached hydrogens (tertiary/aromatic N) is 4. The number of carbonyl (C=O) groups excluding carboxylic acids is 1. The lowest BCUT2D eigenvalue weighted by Gasteiger charge is -2.08. The van der Waals surface area contributed by atoms with Gasteiger partial charge in [0, 0.05) is 11.4 Å². The quantitative estimate of drug-likeness (QED) is 0.371. The second kappa shape index (κ2) is 10.2. The number of thiophene rings is 1. The Hall–Kier alpha value is -2.83.